The molecule has 0 aliphatic heterocycles. The number of amides is 1. The summed E-state index contributed by atoms with van der Waals surface area (Å²) in [6, 6.07) is 4.18. The highest BCUT2D eigenvalue weighted by Gasteiger charge is 2.51. The molecule has 4 aliphatic carbocycles. The van der Waals surface area contributed by atoms with Gasteiger partial charge in [0.1, 0.15) is 11.4 Å². The first-order valence-corrected chi connectivity index (χ1v) is 11.1. The monoisotopic (exact) mass is 411 g/mol. The van der Waals surface area contributed by atoms with Crippen LogP contribution in [0.3, 0.4) is 0 Å². The van der Waals surface area contributed by atoms with E-state index in [9.17, 15) is 14.0 Å². The lowest BCUT2D eigenvalue weighted by atomic mass is 9.53. The Morgan fingerprint density at radius 2 is 1.80 bits per heavy atom. The smallest absolute Gasteiger partial charge is 0.257 e. The molecular weight excluding hydrogens is 381 g/mol. The van der Waals surface area contributed by atoms with Gasteiger partial charge in [0.2, 0.25) is 5.43 Å². The molecule has 0 unspecified atom stereocenters. The Morgan fingerprint density at radius 1 is 1.17 bits per heavy atom. The average molecular weight is 412 g/mol. The molecule has 1 aromatic carbocycles. The van der Waals surface area contributed by atoms with Crippen molar-refractivity contribution < 1.29 is 9.18 Å². The van der Waals surface area contributed by atoms with Gasteiger partial charge in [0, 0.05) is 30.2 Å². The molecule has 1 N–H and O–H groups in total. The third-order valence-electron chi connectivity index (χ3n) is 7.49. The number of nitrogens with zero attached hydrogens (tertiary/aromatic N) is 2. The number of carbonyl (C=O) groups is 1. The summed E-state index contributed by atoms with van der Waals surface area (Å²) in [6.07, 6.45) is 8.65. The third-order valence-corrected chi connectivity index (χ3v) is 7.49. The van der Waals surface area contributed by atoms with Crippen molar-refractivity contribution in [3.8, 4) is 0 Å². The zero-order valence-corrected chi connectivity index (χ0v) is 17.8. The molecular formula is C24H30FN3O2. The molecule has 6 heteroatoms. The zero-order valence-electron chi connectivity index (χ0n) is 17.8. The van der Waals surface area contributed by atoms with E-state index in [0.717, 1.165) is 25.8 Å². The van der Waals surface area contributed by atoms with Crippen LogP contribution >= 0.6 is 0 Å². The predicted molar refractivity (Wildman–Crippen MR) is 115 cm³/mol. The summed E-state index contributed by atoms with van der Waals surface area (Å²) in [4.78, 5) is 28.5. The fourth-order valence-electron chi connectivity index (χ4n) is 6.59. The molecule has 4 bridgehead atoms. The van der Waals surface area contributed by atoms with Crippen molar-refractivity contribution in [1.82, 2.24) is 14.8 Å². The van der Waals surface area contributed by atoms with Crippen LogP contribution in [-0.2, 0) is 6.54 Å². The van der Waals surface area contributed by atoms with Crippen molar-refractivity contribution in [1.29, 1.82) is 0 Å². The number of hydrogen-bond donors (Lipinski definition) is 1. The maximum Gasteiger partial charge on any atom is 0.257 e. The third kappa shape index (κ3) is 3.45. The van der Waals surface area contributed by atoms with Crippen LogP contribution in [0, 0.1) is 23.6 Å². The first kappa shape index (κ1) is 19.7. The molecule has 1 heterocycles. The standard InChI is InChI=1S/C24H30FN3O2/c1-27(2)5-6-28-14-20(22(29)19-4-3-18(25)10-21(19)28)23(30)26-24-11-15-7-16(12-24)9-17(8-15)13-24/h3-4,10,14-17H,5-9,11-13H2,1-2H3,(H,26,30). The van der Waals surface area contributed by atoms with Gasteiger partial charge in [0.05, 0.1) is 5.52 Å². The van der Waals surface area contributed by atoms with Crippen LogP contribution in [0.5, 0.6) is 0 Å². The van der Waals surface area contributed by atoms with E-state index in [0.29, 0.717) is 35.2 Å². The van der Waals surface area contributed by atoms with Crippen LogP contribution in [0.2, 0.25) is 0 Å². The first-order valence-electron chi connectivity index (χ1n) is 11.1. The molecule has 6 rings (SSSR count). The average Bonchev–Trinajstić information content (AvgIpc) is 2.65. The van der Waals surface area contributed by atoms with E-state index in [4.69, 9.17) is 0 Å². The van der Waals surface area contributed by atoms with E-state index in [1.54, 1.807) is 6.20 Å². The summed E-state index contributed by atoms with van der Waals surface area (Å²) >= 11 is 0. The van der Waals surface area contributed by atoms with Gasteiger partial charge >= 0.3 is 0 Å². The number of likely N-dealkylation sites (N-methyl/N-ethyl adjacent to an activating group) is 1. The molecule has 4 saturated carbocycles. The van der Waals surface area contributed by atoms with Crippen LogP contribution in [0.15, 0.2) is 29.2 Å². The van der Waals surface area contributed by atoms with Crippen LogP contribution < -0.4 is 10.7 Å². The topological polar surface area (TPSA) is 54.3 Å². The Labute approximate surface area is 176 Å². The molecule has 2 aromatic rings. The maximum absolute atomic E-state index is 13.9. The van der Waals surface area contributed by atoms with Gasteiger partial charge in [-0.3, -0.25) is 9.59 Å². The number of rotatable bonds is 5. The lowest BCUT2D eigenvalue weighted by molar-refractivity contribution is -0.0167. The molecule has 1 amide bonds. The minimum Gasteiger partial charge on any atom is -0.346 e. The number of fused-ring (bicyclic) bond motifs is 1. The molecule has 0 radical (unpaired) electrons. The molecule has 0 atom stereocenters. The van der Waals surface area contributed by atoms with Crippen LogP contribution in [-0.4, -0.2) is 41.6 Å². The molecule has 160 valence electrons. The van der Waals surface area contributed by atoms with Gasteiger partial charge in [0.25, 0.3) is 5.91 Å². The number of hydrogen-bond acceptors (Lipinski definition) is 3. The van der Waals surface area contributed by atoms with E-state index in [1.807, 2.05) is 23.6 Å². The van der Waals surface area contributed by atoms with Crippen LogP contribution in [0.1, 0.15) is 48.9 Å². The summed E-state index contributed by atoms with van der Waals surface area (Å²) in [5, 5.41) is 3.71. The predicted octanol–water partition coefficient (Wildman–Crippen LogP) is 3.40. The Bertz CT molecular complexity index is 1020. The van der Waals surface area contributed by atoms with Gasteiger partial charge in [-0.15, -0.1) is 0 Å². The minimum atomic E-state index is -0.383. The second-order valence-electron chi connectivity index (χ2n) is 10.2. The Balaban J connectivity index is 1.50. The zero-order chi connectivity index (χ0) is 21.0. The number of carbonyl (C=O) groups excluding carboxylic acids is 1. The fourth-order valence-corrected chi connectivity index (χ4v) is 6.59. The Kier molecular flexibility index (Phi) is 4.73. The Hall–Kier alpha value is -2.21. The summed E-state index contributed by atoms with van der Waals surface area (Å²) in [5.74, 6) is 1.49. The number of pyridine rings is 1. The second-order valence-corrected chi connectivity index (χ2v) is 10.2. The van der Waals surface area contributed by atoms with Crippen molar-refractivity contribution in [3.63, 3.8) is 0 Å². The van der Waals surface area contributed by atoms with Gasteiger partial charge in [-0.1, -0.05) is 0 Å². The molecule has 0 spiro atoms. The summed E-state index contributed by atoms with van der Waals surface area (Å²) in [7, 11) is 3.93. The van der Waals surface area contributed by atoms with Crippen molar-refractivity contribution in [2.75, 3.05) is 20.6 Å². The van der Waals surface area contributed by atoms with Gasteiger partial charge < -0.3 is 14.8 Å². The summed E-state index contributed by atoms with van der Waals surface area (Å²) in [6.45, 7) is 1.30. The van der Waals surface area contributed by atoms with E-state index in [1.165, 1.54) is 37.5 Å². The number of halogens is 1. The van der Waals surface area contributed by atoms with E-state index >= 15 is 0 Å². The second kappa shape index (κ2) is 7.19. The number of aromatic nitrogens is 1. The van der Waals surface area contributed by atoms with Crippen molar-refractivity contribution >= 4 is 16.8 Å². The number of nitrogens with one attached hydrogen (secondary N) is 1. The quantitative estimate of drug-likeness (QED) is 0.821. The van der Waals surface area contributed by atoms with Gasteiger partial charge in [-0.25, -0.2) is 4.39 Å². The molecule has 30 heavy (non-hydrogen) atoms. The van der Waals surface area contributed by atoms with Crippen molar-refractivity contribution in [3.05, 3.63) is 46.0 Å². The normalized spacial score (nSPS) is 29.7. The van der Waals surface area contributed by atoms with Crippen molar-refractivity contribution in [2.24, 2.45) is 17.8 Å². The van der Waals surface area contributed by atoms with E-state index in [-0.39, 0.29) is 28.3 Å². The molecule has 1 aromatic heterocycles. The van der Waals surface area contributed by atoms with Gasteiger partial charge in [-0.05, 0) is 88.6 Å². The Morgan fingerprint density at radius 3 is 2.40 bits per heavy atom. The van der Waals surface area contributed by atoms with Gasteiger partial charge in [-0.2, -0.15) is 0 Å². The molecule has 4 aliphatic rings. The maximum atomic E-state index is 13.9. The lowest BCUT2D eigenvalue weighted by Crippen LogP contribution is -2.60. The van der Waals surface area contributed by atoms with E-state index in [2.05, 4.69) is 5.32 Å². The van der Waals surface area contributed by atoms with Crippen molar-refractivity contribution in [2.45, 2.75) is 50.6 Å². The highest BCUT2D eigenvalue weighted by molar-refractivity contribution is 5.97. The van der Waals surface area contributed by atoms with E-state index < -0.39 is 0 Å². The SMILES string of the molecule is CN(C)CCn1cc(C(=O)NC23CC4CC(CC(C4)C2)C3)c(=O)c2ccc(F)cc21. The first-order chi connectivity index (χ1) is 14.3. The van der Waals surface area contributed by atoms with Crippen LogP contribution in [0.4, 0.5) is 4.39 Å². The number of benzene rings is 1. The lowest BCUT2D eigenvalue weighted by Gasteiger charge is -2.56. The summed E-state index contributed by atoms with van der Waals surface area (Å²) < 4.78 is 15.7. The molecule has 4 fully saturated rings. The van der Waals surface area contributed by atoms with Gasteiger partial charge in [0.15, 0.2) is 0 Å². The highest BCUT2D eigenvalue weighted by atomic mass is 19.1. The minimum absolute atomic E-state index is 0.148. The molecule has 0 saturated heterocycles. The van der Waals surface area contributed by atoms with Crippen LogP contribution in [0.25, 0.3) is 10.9 Å². The summed E-state index contributed by atoms with van der Waals surface area (Å²) in [5.41, 5.74) is 0.245. The molecule has 5 nitrogen and oxygen atoms in total. The fraction of sp³-hybridized carbons (Fsp3) is 0.583. The highest BCUT2D eigenvalue weighted by Crippen LogP contribution is 2.55. The largest absolute Gasteiger partial charge is 0.346 e.